The molecule has 0 aromatic heterocycles. The van der Waals surface area contributed by atoms with E-state index in [1.54, 1.807) is 0 Å². The highest BCUT2D eigenvalue weighted by molar-refractivity contribution is 9.10. The lowest BCUT2D eigenvalue weighted by Crippen LogP contribution is -2.13. The summed E-state index contributed by atoms with van der Waals surface area (Å²) in [5, 5.41) is 2.95. The Morgan fingerprint density at radius 3 is 2.71 bits per heavy atom. The standard InChI is InChI=1S/C14H18BrNO/c1-4-6-10(3)14(17)16-13-8-7-12(15)9-11(13)5-2/h6-9H,4-5H2,1-3H3,(H,16,17)/b10-6-. The Morgan fingerprint density at radius 2 is 2.12 bits per heavy atom. The topological polar surface area (TPSA) is 29.1 Å². The fourth-order valence-corrected chi connectivity index (χ4v) is 2.01. The van der Waals surface area contributed by atoms with Gasteiger partial charge in [0, 0.05) is 15.7 Å². The quantitative estimate of drug-likeness (QED) is 0.824. The summed E-state index contributed by atoms with van der Waals surface area (Å²) in [4.78, 5) is 11.9. The third-order valence-corrected chi connectivity index (χ3v) is 3.06. The van der Waals surface area contributed by atoms with Crippen molar-refractivity contribution in [2.75, 3.05) is 5.32 Å². The second-order valence-corrected chi connectivity index (χ2v) is 4.82. The average Bonchev–Trinajstić information content (AvgIpc) is 2.31. The Morgan fingerprint density at radius 1 is 1.41 bits per heavy atom. The minimum atomic E-state index is -0.0242. The molecule has 0 radical (unpaired) electrons. The molecule has 0 saturated heterocycles. The maximum absolute atomic E-state index is 11.9. The molecule has 0 heterocycles. The van der Waals surface area contributed by atoms with Gasteiger partial charge in [-0.2, -0.15) is 0 Å². The molecule has 3 heteroatoms. The number of carbonyl (C=O) groups is 1. The van der Waals surface area contributed by atoms with Crippen LogP contribution in [0.4, 0.5) is 5.69 Å². The number of amides is 1. The van der Waals surface area contributed by atoms with Crippen molar-refractivity contribution in [3.8, 4) is 0 Å². The van der Waals surface area contributed by atoms with Crippen LogP contribution in [0.25, 0.3) is 0 Å². The zero-order chi connectivity index (χ0) is 12.8. The molecule has 0 fully saturated rings. The van der Waals surface area contributed by atoms with Gasteiger partial charge in [0.1, 0.15) is 0 Å². The summed E-state index contributed by atoms with van der Waals surface area (Å²) in [6, 6.07) is 5.90. The molecule has 0 atom stereocenters. The largest absolute Gasteiger partial charge is 0.322 e. The van der Waals surface area contributed by atoms with Gasteiger partial charge in [0.2, 0.25) is 0 Å². The normalized spacial score (nSPS) is 11.4. The third-order valence-electron chi connectivity index (χ3n) is 2.56. The SMILES string of the molecule is CC/C=C(/C)C(=O)Nc1ccc(Br)cc1CC. The molecule has 1 aromatic carbocycles. The first-order valence-electron chi connectivity index (χ1n) is 5.85. The maximum Gasteiger partial charge on any atom is 0.250 e. The van der Waals surface area contributed by atoms with Crippen LogP contribution in [0.2, 0.25) is 0 Å². The molecule has 1 rings (SSSR count). The Bertz CT molecular complexity index is 438. The van der Waals surface area contributed by atoms with Crippen LogP contribution in [0.5, 0.6) is 0 Å². The van der Waals surface area contributed by atoms with Crippen LogP contribution in [0.3, 0.4) is 0 Å². The van der Waals surface area contributed by atoms with Crippen molar-refractivity contribution in [1.82, 2.24) is 0 Å². The molecule has 92 valence electrons. The van der Waals surface area contributed by atoms with E-state index in [-0.39, 0.29) is 5.91 Å². The number of benzene rings is 1. The lowest BCUT2D eigenvalue weighted by Gasteiger charge is -2.10. The van der Waals surface area contributed by atoms with Gasteiger partial charge in [-0.1, -0.05) is 35.9 Å². The molecule has 0 aliphatic rings. The number of carbonyl (C=O) groups excluding carboxylic acids is 1. The predicted octanol–water partition coefficient (Wildman–Crippen LogP) is 4.31. The second-order valence-electron chi connectivity index (χ2n) is 3.90. The highest BCUT2D eigenvalue weighted by atomic mass is 79.9. The highest BCUT2D eigenvalue weighted by Crippen LogP contribution is 2.22. The maximum atomic E-state index is 11.9. The van der Waals surface area contributed by atoms with Crippen molar-refractivity contribution < 1.29 is 4.79 Å². The van der Waals surface area contributed by atoms with Crippen LogP contribution in [0.1, 0.15) is 32.8 Å². The van der Waals surface area contributed by atoms with E-state index in [1.165, 1.54) is 0 Å². The summed E-state index contributed by atoms with van der Waals surface area (Å²) in [6.45, 7) is 5.93. The van der Waals surface area contributed by atoms with Gasteiger partial charge < -0.3 is 5.32 Å². The monoisotopic (exact) mass is 295 g/mol. The van der Waals surface area contributed by atoms with E-state index < -0.39 is 0 Å². The number of hydrogen-bond acceptors (Lipinski definition) is 1. The van der Waals surface area contributed by atoms with Crippen molar-refractivity contribution in [2.45, 2.75) is 33.6 Å². The smallest absolute Gasteiger partial charge is 0.250 e. The summed E-state index contributed by atoms with van der Waals surface area (Å²) >= 11 is 3.43. The molecule has 0 spiro atoms. The van der Waals surface area contributed by atoms with Gasteiger partial charge in [-0.3, -0.25) is 4.79 Å². The molecule has 0 unspecified atom stereocenters. The lowest BCUT2D eigenvalue weighted by molar-refractivity contribution is -0.112. The van der Waals surface area contributed by atoms with Crippen LogP contribution in [0.15, 0.2) is 34.3 Å². The van der Waals surface area contributed by atoms with Crippen LogP contribution >= 0.6 is 15.9 Å². The molecule has 1 N–H and O–H groups in total. The van der Waals surface area contributed by atoms with E-state index in [1.807, 2.05) is 38.1 Å². The number of hydrogen-bond donors (Lipinski definition) is 1. The van der Waals surface area contributed by atoms with Crippen LogP contribution in [0, 0.1) is 0 Å². The summed E-state index contributed by atoms with van der Waals surface area (Å²) in [5.41, 5.74) is 2.79. The Hall–Kier alpha value is -1.09. The molecular weight excluding hydrogens is 278 g/mol. The van der Waals surface area contributed by atoms with Crippen molar-refractivity contribution in [2.24, 2.45) is 0 Å². The van der Waals surface area contributed by atoms with Gasteiger partial charge >= 0.3 is 0 Å². The van der Waals surface area contributed by atoms with E-state index in [0.717, 1.165) is 34.1 Å². The van der Waals surface area contributed by atoms with Crippen molar-refractivity contribution in [1.29, 1.82) is 0 Å². The second kappa shape index (κ2) is 6.60. The summed E-state index contributed by atoms with van der Waals surface area (Å²) < 4.78 is 1.04. The van der Waals surface area contributed by atoms with Gasteiger partial charge in [-0.25, -0.2) is 0 Å². The zero-order valence-electron chi connectivity index (χ0n) is 10.5. The lowest BCUT2D eigenvalue weighted by atomic mass is 10.1. The van der Waals surface area contributed by atoms with Crippen molar-refractivity contribution >= 4 is 27.5 Å². The van der Waals surface area contributed by atoms with E-state index in [0.29, 0.717) is 0 Å². The van der Waals surface area contributed by atoms with E-state index in [2.05, 4.69) is 28.2 Å². The van der Waals surface area contributed by atoms with Gasteiger partial charge in [0.15, 0.2) is 0 Å². The minimum absolute atomic E-state index is 0.0242. The molecule has 0 aliphatic heterocycles. The fourth-order valence-electron chi connectivity index (χ4n) is 1.60. The van der Waals surface area contributed by atoms with Crippen molar-refractivity contribution in [3.63, 3.8) is 0 Å². The number of allylic oxidation sites excluding steroid dienone is 1. The number of aryl methyl sites for hydroxylation is 1. The van der Waals surface area contributed by atoms with Gasteiger partial charge in [-0.15, -0.1) is 0 Å². The average molecular weight is 296 g/mol. The molecule has 0 bridgehead atoms. The summed E-state index contributed by atoms with van der Waals surface area (Å²) in [5.74, 6) is -0.0242. The Kier molecular flexibility index (Phi) is 5.42. The van der Waals surface area contributed by atoms with Crippen LogP contribution in [-0.4, -0.2) is 5.91 Å². The fraction of sp³-hybridized carbons (Fsp3) is 0.357. The van der Waals surface area contributed by atoms with Gasteiger partial charge in [0.05, 0.1) is 0 Å². The summed E-state index contributed by atoms with van der Waals surface area (Å²) in [6.07, 6.45) is 3.70. The molecule has 17 heavy (non-hydrogen) atoms. The van der Waals surface area contributed by atoms with E-state index >= 15 is 0 Å². The summed E-state index contributed by atoms with van der Waals surface area (Å²) in [7, 11) is 0. The predicted molar refractivity (Wildman–Crippen MR) is 76.2 cm³/mol. The molecule has 0 saturated carbocycles. The first-order valence-corrected chi connectivity index (χ1v) is 6.64. The van der Waals surface area contributed by atoms with Crippen molar-refractivity contribution in [3.05, 3.63) is 39.9 Å². The van der Waals surface area contributed by atoms with Gasteiger partial charge in [-0.05, 0) is 43.5 Å². The molecular formula is C14H18BrNO. The number of anilines is 1. The Balaban J connectivity index is 2.88. The molecule has 0 aliphatic carbocycles. The third kappa shape index (κ3) is 4.00. The molecule has 1 aromatic rings. The zero-order valence-corrected chi connectivity index (χ0v) is 12.1. The van der Waals surface area contributed by atoms with Crippen LogP contribution < -0.4 is 5.32 Å². The molecule has 2 nitrogen and oxygen atoms in total. The number of rotatable bonds is 4. The number of nitrogens with one attached hydrogen (secondary N) is 1. The molecule has 1 amide bonds. The minimum Gasteiger partial charge on any atom is -0.322 e. The van der Waals surface area contributed by atoms with Crippen LogP contribution in [-0.2, 0) is 11.2 Å². The first kappa shape index (κ1) is 14.0. The number of halogens is 1. The Labute approximate surface area is 111 Å². The first-order chi connectivity index (χ1) is 8.08. The highest BCUT2D eigenvalue weighted by Gasteiger charge is 2.07. The van der Waals surface area contributed by atoms with E-state index in [9.17, 15) is 4.79 Å². The van der Waals surface area contributed by atoms with Gasteiger partial charge in [0.25, 0.3) is 5.91 Å². The van der Waals surface area contributed by atoms with E-state index in [4.69, 9.17) is 0 Å².